The summed E-state index contributed by atoms with van der Waals surface area (Å²) in [6, 6.07) is 16.2. The maximum atomic E-state index is 13.6. The van der Waals surface area contributed by atoms with Gasteiger partial charge in [0.2, 0.25) is 11.8 Å². The molecule has 2 atom stereocenters. The second-order valence-electron chi connectivity index (χ2n) is 14.3. The molecule has 3 N–H and O–H groups in total. The Morgan fingerprint density at radius 2 is 1.45 bits per heavy atom. The summed E-state index contributed by atoms with van der Waals surface area (Å²) < 4.78 is 5.89. The van der Waals surface area contributed by atoms with E-state index in [0.717, 1.165) is 33.7 Å². The van der Waals surface area contributed by atoms with Crippen molar-refractivity contribution in [2.75, 3.05) is 20.7 Å². The summed E-state index contributed by atoms with van der Waals surface area (Å²) in [6.45, 7) is 9.06. The van der Waals surface area contributed by atoms with Crippen LogP contribution in [0.1, 0.15) is 86.3 Å². The summed E-state index contributed by atoms with van der Waals surface area (Å²) >= 11 is 1.34. The van der Waals surface area contributed by atoms with Gasteiger partial charge in [-0.1, -0.05) is 89.8 Å². The first-order valence-electron chi connectivity index (χ1n) is 18.0. The van der Waals surface area contributed by atoms with Crippen LogP contribution in [-0.2, 0) is 26.2 Å². The predicted octanol–water partition coefficient (Wildman–Crippen LogP) is 6.91. The molecule has 4 aromatic rings. The standard InChI is InChI=1S/C41H51N5O6S/c1-7-8-9-10-11-22-52-31-18-16-28(17-19-31)30-25-42-37(43-26-30)29-14-12-27(13-15-29)23-32(38(48)45-33(40(50)51)24-36(47)46(5)6)44-39(49)34-20-21-35(53-34)41(2,3)4/h12-21,25-26,32-33H,7-11,22-24H2,1-6H3,(H,44,49)(H,45,48)(H,50,51)/t32-,33-/m0/s1. The minimum atomic E-state index is -1.47. The number of thiophene rings is 1. The van der Waals surface area contributed by atoms with Crippen LogP contribution in [0.5, 0.6) is 5.75 Å². The van der Waals surface area contributed by atoms with Gasteiger partial charge in [-0.3, -0.25) is 14.4 Å². The first-order chi connectivity index (χ1) is 25.2. The third-order valence-corrected chi connectivity index (χ3v) is 10.2. The summed E-state index contributed by atoms with van der Waals surface area (Å²) in [4.78, 5) is 63.0. The number of benzene rings is 2. The average molecular weight is 742 g/mol. The molecule has 0 unspecified atom stereocenters. The number of hydrogen-bond donors (Lipinski definition) is 3. The van der Waals surface area contributed by atoms with E-state index in [9.17, 15) is 24.3 Å². The highest BCUT2D eigenvalue weighted by atomic mass is 32.1. The number of rotatable bonds is 18. The molecule has 0 aliphatic heterocycles. The normalized spacial score (nSPS) is 12.4. The first kappa shape index (κ1) is 40.7. The zero-order chi connectivity index (χ0) is 38.5. The van der Waals surface area contributed by atoms with Crippen molar-refractivity contribution < 1.29 is 29.0 Å². The molecule has 282 valence electrons. The molecule has 0 aliphatic carbocycles. The van der Waals surface area contributed by atoms with Crippen LogP contribution in [0, 0.1) is 0 Å². The number of ether oxygens (including phenoxy) is 1. The lowest BCUT2D eigenvalue weighted by molar-refractivity contribution is -0.145. The van der Waals surface area contributed by atoms with Crippen LogP contribution in [-0.4, -0.2) is 76.5 Å². The number of amides is 3. The number of aliphatic carboxylic acids is 1. The van der Waals surface area contributed by atoms with Crippen molar-refractivity contribution in [3.8, 4) is 28.3 Å². The Labute approximate surface area is 316 Å². The summed E-state index contributed by atoms with van der Waals surface area (Å²) in [5.41, 5.74) is 3.16. The van der Waals surface area contributed by atoms with Gasteiger partial charge in [0, 0.05) is 48.9 Å². The Morgan fingerprint density at radius 3 is 2.04 bits per heavy atom. The molecule has 0 saturated carbocycles. The predicted molar refractivity (Wildman–Crippen MR) is 208 cm³/mol. The molecule has 0 bridgehead atoms. The number of carboxylic acid groups (broad SMARTS) is 1. The first-order valence-corrected chi connectivity index (χ1v) is 18.9. The van der Waals surface area contributed by atoms with Gasteiger partial charge in [0.15, 0.2) is 5.82 Å². The van der Waals surface area contributed by atoms with Gasteiger partial charge in [-0.05, 0) is 47.2 Å². The number of aromatic nitrogens is 2. The van der Waals surface area contributed by atoms with Gasteiger partial charge >= 0.3 is 5.97 Å². The summed E-state index contributed by atoms with van der Waals surface area (Å²) in [5, 5.41) is 15.0. The highest BCUT2D eigenvalue weighted by Gasteiger charge is 2.30. The Hall–Kier alpha value is -5.10. The van der Waals surface area contributed by atoms with Crippen LogP contribution in [0.4, 0.5) is 0 Å². The Bertz CT molecular complexity index is 1820. The molecule has 0 saturated heterocycles. The maximum Gasteiger partial charge on any atom is 0.326 e. The van der Waals surface area contributed by atoms with Crippen molar-refractivity contribution in [2.45, 2.75) is 90.1 Å². The number of unbranched alkanes of at least 4 members (excludes halogenated alkanes) is 4. The van der Waals surface area contributed by atoms with E-state index >= 15 is 0 Å². The number of nitrogens with zero attached hydrogens (tertiary/aromatic N) is 3. The minimum absolute atomic E-state index is 0.0711. The fraction of sp³-hybridized carbons (Fsp3) is 0.415. The van der Waals surface area contributed by atoms with E-state index < -0.39 is 42.2 Å². The van der Waals surface area contributed by atoms with Crippen LogP contribution in [0.15, 0.2) is 73.1 Å². The highest BCUT2D eigenvalue weighted by molar-refractivity contribution is 7.14. The van der Waals surface area contributed by atoms with E-state index in [2.05, 4.69) is 27.5 Å². The highest BCUT2D eigenvalue weighted by Crippen LogP contribution is 2.29. The number of carbonyl (C=O) groups excluding carboxylic acids is 3. The van der Waals surface area contributed by atoms with Gasteiger partial charge in [-0.2, -0.15) is 0 Å². The second-order valence-corrected chi connectivity index (χ2v) is 15.4. The number of hydrogen-bond acceptors (Lipinski definition) is 8. The number of carbonyl (C=O) groups is 4. The molecule has 12 heteroatoms. The molecule has 0 radical (unpaired) electrons. The number of carboxylic acids is 1. The van der Waals surface area contributed by atoms with Crippen LogP contribution in [0.25, 0.3) is 22.5 Å². The van der Waals surface area contributed by atoms with Gasteiger partial charge in [0.05, 0.1) is 17.9 Å². The van der Waals surface area contributed by atoms with Crippen LogP contribution in [0.2, 0.25) is 0 Å². The zero-order valence-corrected chi connectivity index (χ0v) is 32.3. The molecule has 2 heterocycles. The average Bonchev–Trinajstić information content (AvgIpc) is 3.65. The van der Waals surface area contributed by atoms with Crippen molar-refractivity contribution in [1.82, 2.24) is 25.5 Å². The van der Waals surface area contributed by atoms with Crippen molar-refractivity contribution in [3.63, 3.8) is 0 Å². The summed E-state index contributed by atoms with van der Waals surface area (Å²) in [6.07, 6.45) is 9.14. The molecular weight excluding hydrogens is 691 g/mol. The van der Waals surface area contributed by atoms with Crippen molar-refractivity contribution >= 4 is 35.0 Å². The molecule has 11 nitrogen and oxygen atoms in total. The van der Waals surface area contributed by atoms with Gasteiger partial charge in [0.1, 0.15) is 17.8 Å². The third-order valence-electron chi connectivity index (χ3n) is 8.69. The van der Waals surface area contributed by atoms with Crippen molar-refractivity contribution in [2.24, 2.45) is 0 Å². The topological polar surface area (TPSA) is 151 Å². The Balaban J connectivity index is 1.45. The Morgan fingerprint density at radius 1 is 0.811 bits per heavy atom. The lowest BCUT2D eigenvalue weighted by atomic mass is 9.95. The molecule has 0 spiro atoms. The van der Waals surface area contributed by atoms with Gasteiger partial charge < -0.3 is 25.4 Å². The molecular formula is C41H51N5O6S. The third kappa shape index (κ3) is 12.2. The largest absolute Gasteiger partial charge is 0.494 e. The molecule has 53 heavy (non-hydrogen) atoms. The number of nitrogens with one attached hydrogen (secondary N) is 2. The zero-order valence-electron chi connectivity index (χ0n) is 31.5. The summed E-state index contributed by atoms with van der Waals surface area (Å²) in [7, 11) is 3.02. The fourth-order valence-electron chi connectivity index (χ4n) is 5.42. The molecule has 4 rings (SSSR count). The Kier molecular flexibility index (Phi) is 14.7. The van der Waals surface area contributed by atoms with Gasteiger partial charge in [0.25, 0.3) is 5.91 Å². The van der Waals surface area contributed by atoms with E-state index in [-0.39, 0.29) is 11.8 Å². The van der Waals surface area contributed by atoms with E-state index in [0.29, 0.717) is 22.9 Å². The van der Waals surface area contributed by atoms with E-state index in [4.69, 9.17) is 4.74 Å². The van der Waals surface area contributed by atoms with E-state index in [1.807, 2.05) is 75.4 Å². The molecule has 2 aromatic heterocycles. The van der Waals surface area contributed by atoms with Crippen molar-refractivity contribution in [3.05, 3.63) is 88.4 Å². The van der Waals surface area contributed by atoms with E-state index in [1.54, 1.807) is 18.5 Å². The lowest BCUT2D eigenvalue weighted by Crippen LogP contribution is -2.53. The maximum absolute atomic E-state index is 13.6. The van der Waals surface area contributed by atoms with Crippen LogP contribution >= 0.6 is 11.3 Å². The second kappa shape index (κ2) is 19.1. The van der Waals surface area contributed by atoms with Gasteiger partial charge in [-0.25, -0.2) is 14.8 Å². The lowest BCUT2D eigenvalue weighted by Gasteiger charge is -2.22. The SMILES string of the molecule is CCCCCCCOc1ccc(-c2cnc(-c3ccc(C[C@H](NC(=O)c4ccc(C(C)(C)C)s4)C(=O)N[C@@H](CC(=O)N(C)C)C(=O)O)cc3)nc2)cc1. The minimum Gasteiger partial charge on any atom is -0.494 e. The molecule has 0 fully saturated rings. The van der Waals surface area contributed by atoms with Crippen molar-refractivity contribution in [1.29, 1.82) is 0 Å². The molecule has 3 amide bonds. The summed E-state index contributed by atoms with van der Waals surface area (Å²) in [5.74, 6) is -1.61. The van der Waals surface area contributed by atoms with Crippen LogP contribution < -0.4 is 15.4 Å². The molecule has 2 aromatic carbocycles. The fourth-order valence-corrected chi connectivity index (χ4v) is 6.39. The smallest absolute Gasteiger partial charge is 0.326 e. The molecule has 0 aliphatic rings. The quantitative estimate of drug-likeness (QED) is 0.0932. The van der Waals surface area contributed by atoms with E-state index in [1.165, 1.54) is 56.0 Å². The van der Waals surface area contributed by atoms with Gasteiger partial charge in [-0.15, -0.1) is 11.3 Å². The van der Waals surface area contributed by atoms with Crippen LogP contribution in [0.3, 0.4) is 0 Å². The monoisotopic (exact) mass is 741 g/mol.